The smallest absolute Gasteiger partial charge is 0.412 e. The third-order valence-corrected chi connectivity index (χ3v) is 7.35. The standard InChI is InChI=1S/C32H32IN3O4/c1-32(2,19-8-7-16-29(38)35-27-14-6-5-13-25(27)34)30(24-20-22(33)17-18-28(24)37)40-31(39)36-26-15-9-11-21-10-3-4-12-23(21)26/h3-7,9-18,20,30,37H,8,19,34H2,1-2H3,(H,35,38)(H,36,39)/b16-7+/t30-/m0/s1. The number of benzene rings is 4. The maximum Gasteiger partial charge on any atom is 0.412 e. The number of allylic oxidation sites excluding steroid dienone is 1. The molecule has 8 heteroatoms. The highest BCUT2D eigenvalue weighted by atomic mass is 127. The van der Waals surface area contributed by atoms with Crippen LogP contribution in [0.4, 0.5) is 21.9 Å². The molecule has 7 nitrogen and oxygen atoms in total. The fraction of sp³-hybridized carbons (Fsp3) is 0.188. The molecule has 0 aliphatic rings. The number of carbonyl (C=O) groups is 2. The van der Waals surface area contributed by atoms with Gasteiger partial charge in [-0.3, -0.25) is 10.1 Å². The number of phenolic OH excluding ortho intramolecular Hbond substituents is 1. The van der Waals surface area contributed by atoms with Gasteiger partial charge in [0.15, 0.2) is 0 Å². The molecule has 5 N–H and O–H groups in total. The summed E-state index contributed by atoms with van der Waals surface area (Å²) < 4.78 is 6.93. The van der Waals surface area contributed by atoms with Crippen LogP contribution in [0.2, 0.25) is 0 Å². The number of aromatic hydroxyl groups is 1. The molecule has 0 heterocycles. The predicted molar refractivity (Wildman–Crippen MR) is 169 cm³/mol. The molecule has 0 aliphatic heterocycles. The van der Waals surface area contributed by atoms with E-state index in [1.54, 1.807) is 42.5 Å². The highest BCUT2D eigenvalue weighted by molar-refractivity contribution is 14.1. The van der Waals surface area contributed by atoms with Gasteiger partial charge in [0.05, 0.1) is 17.1 Å². The number of rotatable bonds is 9. The number of nitrogens with one attached hydrogen (secondary N) is 2. The highest BCUT2D eigenvalue weighted by Gasteiger charge is 2.35. The Labute approximate surface area is 247 Å². The molecule has 0 unspecified atom stereocenters. The minimum absolute atomic E-state index is 0.0480. The quantitative estimate of drug-likeness (QED) is 0.0834. The van der Waals surface area contributed by atoms with Crippen molar-refractivity contribution < 1.29 is 19.4 Å². The van der Waals surface area contributed by atoms with Gasteiger partial charge in [-0.15, -0.1) is 0 Å². The first kappa shape index (κ1) is 28.9. The van der Waals surface area contributed by atoms with Crippen molar-refractivity contribution in [1.82, 2.24) is 0 Å². The van der Waals surface area contributed by atoms with E-state index >= 15 is 0 Å². The van der Waals surface area contributed by atoms with E-state index in [9.17, 15) is 14.7 Å². The molecule has 206 valence electrons. The largest absolute Gasteiger partial charge is 0.508 e. The van der Waals surface area contributed by atoms with E-state index in [0.717, 1.165) is 14.3 Å². The van der Waals surface area contributed by atoms with E-state index in [-0.39, 0.29) is 11.7 Å². The average molecular weight is 650 g/mol. The zero-order chi connectivity index (χ0) is 28.7. The first-order valence-electron chi connectivity index (χ1n) is 12.9. The second-order valence-corrected chi connectivity index (χ2v) is 11.4. The zero-order valence-corrected chi connectivity index (χ0v) is 24.5. The average Bonchev–Trinajstić information content (AvgIpc) is 2.93. The molecule has 2 amide bonds. The second-order valence-electron chi connectivity index (χ2n) is 10.1. The molecule has 0 aromatic heterocycles. The van der Waals surface area contributed by atoms with Crippen LogP contribution in [0.25, 0.3) is 10.8 Å². The summed E-state index contributed by atoms with van der Waals surface area (Å²) in [4.78, 5) is 25.6. The van der Waals surface area contributed by atoms with Gasteiger partial charge in [0.1, 0.15) is 11.9 Å². The molecule has 4 rings (SSSR count). The van der Waals surface area contributed by atoms with E-state index in [0.29, 0.717) is 35.5 Å². The van der Waals surface area contributed by atoms with Gasteiger partial charge < -0.3 is 20.9 Å². The first-order valence-corrected chi connectivity index (χ1v) is 14.0. The number of fused-ring (bicyclic) bond motifs is 1. The van der Waals surface area contributed by atoms with E-state index in [1.807, 2.05) is 62.4 Å². The predicted octanol–water partition coefficient (Wildman–Crippen LogP) is 8.02. The van der Waals surface area contributed by atoms with Crippen molar-refractivity contribution in [1.29, 1.82) is 0 Å². The summed E-state index contributed by atoms with van der Waals surface area (Å²) in [5.74, 6) is -0.236. The molecule has 0 aliphatic carbocycles. The van der Waals surface area contributed by atoms with Gasteiger partial charge in [-0.2, -0.15) is 0 Å². The van der Waals surface area contributed by atoms with Crippen LogP contribution in [0, 0.1) is 8.99 Å². The summed E-state index contributed by atoms with van der Waals surface area (Å²) in [5.41, 5.74) is 7.51. The Kier molecular flexibility index (Phi) is 9.31. The van der Waals surface area contributed by atoms with Gasteiger partial charge in [0, 0.05) is 19.9 Å². The Bertz CT molecular complexity index is 1550. The van der Waals surface area contributed by atoms with Crippen LogP contribution in [-0.2, 0) is 9.53 Å². The molecule has 4 aromatic rings. The fourth-order valence-electron chi connectivity index (χ4n) is 4.52. The summed E-state index contributed by atoms with van der Waals surface area (Å²) in [6.07, 6.45) is 2.97. The summed E-state index contributed by atoms with van der Waals surface area (Å²) in [6.45, 7) is 3.95. The Morgan fingerprint density at radius 1 is 0.975 bits per heavy atom. The Hall–Kier alpha value is -4.05. The van der Waals surface area contributed by atoms with Gasteiger partial charge >= 0.3 is 6.09 Å². The van der Waals surface area contributed by atoms with Crippen molar-refractivity contribution in [2.45, 2.75) is 32.8 Å². The first-order chi connectivity index (χ1) is 19.1. The Morgan fingerprint density at radius 3 is 2.48 bits per heavy atom. The van der Waals surface area contributed by atoms with E-state index in [2.05, 4.69) is 33.2 Å². The highest BCUT2D eigenvalue weighted by Crippen LogP contribution is 2.44. The number of nitrogen functional groups attached to an aromatic ring is 1. The van der Waals surface area contributed by atoms with Gasteiger partial charge in [-0.05, 0) is 83.3 Å². The van der Waals surface area contributed by atoms with Crippen molar-refractivity contribution in [2.75, 3.05) is 16.4 Å². The van der Waals surface area contributed by atoms with Crippen LogP contribution in [0.1, 0.15) is 38.4 Å². The van der Waals surface area contributed by atoms with Gasteiger partial charge in [0.25, 0.3) is 0 Å². The number of para-hydroxylation sites is 2. The lowest BCUT2D eigenvalue weighted by Crippen LogP contribution is -2.29. The third kappa shape index (κ3) is 7.32. The lowest BCUT2D eigenvalue weighted by molar-refractivity contribution is -0.111. The zero-order valence-electron chi connectivity index (χ0n) is 22.4. The van der Waals surface area contributed by atoms with Crippen LogP contribution in [0.5, 0.6) is 5.75 Å². The van der Waals surface area contributed by atoms with E-state index in [4.69, 9.17) is 10.5 Å². The van der Waals surface area contributed by atoms with Crippen LogP contribution in [-0.4, -0.2) is 17.1 Å². The van der Waals surface area contributed by atoms with Gasteiger partial charge in [0.2, 0.25) is 5.91 Å². The number of carbonyl (C=O) groups excluding carboxylic acids is 2. The van der Waals surface area contributed by atoms with E-state index in [1.165, 1.54) is 6.08 Å². The summed E-state index contributed by atoms with van der Waals surface area (Å²) in [6, 6.07) is 25.7. The third-order valence-electron chi connectivity index (χ3n) is 6.68. The number of amides is 2. The number of anilines is 3. The lowest BCUT2D eigenvalue weighted by Gasteiger charge is -2.34. The molecule has 0 spiro atoms. The summed E-state index contributed by atoms with van der Waals surface area (Å²) >= 11 is 2.17. The molecule has 4 aromatic carbocycles. The van der Waals surface area contributed by atoms with Crippen LogP contribution in [0.3, 0.4) is 0 Å². The van der Waals surface area contributed by atoms with Crippen molar-refractivity contribution in [3.63, 3.8) is 0 Å². The molecule has 0 saturated carbocycles. The number of hydrogen-bond acceptors (Lipinski definition) is 5. The molecular formula is C32H32IN3O4. The maximum absolute atomic E-state index is 13.2. The number of phenols is 1. The normalized spacial score (nSPS) is 12.3. The molecule has 0 bridgehead atoms. The van der Waals surface area contributed by atoms with Crippen molar-refractivity contribution in [2.24, 2.45) is 5.41 Å². The number of hydrogen-bond donors (Lipinski definition) is 4. The molecule has 40 heavy (non-hydrogen) atoms. The number of nitrogens with two attached hydrogens (primary N) is 1. The SMILES string of the molecule is CC(C)(CC/C=C/C(=O)Nc1ccccc1N)[C@@H](OC(=O)Nc1cccc2ccccc12)c1cc(I)ccc1O. The topological polar surface area (TPSA) is 114 Å². The molecule has 0 radical (unpaired) electrons. The van der Waals surface area contributed by atoms with Crippen molar-refractivity contribution in [3.8, 4) is 5.75 Å². The number of halogens is 1. The van der Waals surface area contributed by atoms with Crippen molar-refractivity contribution in [3.05, 3.63) is 106 Å². The number of ether oxygens (including phenoxy) is 1. The van der Waals surface area contributed by atoms with Crippen LogP contribution >= 0.6 is 22.6 Å². The van der Waals surface area contributed by atoms with E-state index < -0.39 is 17.6 Å². The fourth-order valence-corrected chi connectivity index (χ4v) is 5.04. The Morgan fingerprint density at radius 2 is 1.68 bits per heavy atom. The molecular weight excluding hydrogens is 617 g/mol. The van der Waals surface area contributed by atoms with Gasteiger partial charge in [-0.1, -0.05) is 68.5 Å². The molecule has 0 saturated heterocycles. The van der Waals surface area contributed by atoms with Crippen LogP contribution < -0.4 is 16.4 Å². The van der Waals surface area contributed by atoms with Crippen molar-refractivity contribution >= 4 is 62.4 Å². The minimum atomic E-state index is -0.761. The lowest BCUT2D eigenvalue weighted by atomic mass is 9.78. The molecule has 1 atom stereocenters. The summed E-state index contributed by atoms with van der Waals surface area (Å²) in [5, 5.41) is 18.3. The second kappa shape index (κ2) is 12.9. The Balaban J connectivity index is 1.49. The maximum atomic E-state index is 13.2. The minimum Gasteiger partial charge on any atom is -0.508 e. The monoisotopic (exact) mass is 649 g/mol. The summed E-state index contributed by atoms with van der Waals surface area (Å²) in [7, 11) is 0. The molecule has 0 fully saturated rings. The van der Waals surface area contributed by atoms with Crippen LogP contribution in [0.15, 0.2) is 97.1 Å². The van der Waals surface area contributed by atoms with Gasteiger partial charge in [-0.25, -0.2) is 4.79 Å².